The second-order valence-electron chi connectivity index (χ2n) is 4.52. The molecule has 0 heteroatoms. The van der Waals surface area contributed by atoms with E-state index in [4.69, 9.17) is 0 Å². The van der Waals surface area contributed by atoms with Gasteiger partial charge in [-0.15, -0.1) is 0 Å². The Bertz CT molecular complexity index is 486. The molecule has 0 aromatic heterocycles. The highest BCUT2D eigenvalue weighted by atomic mass is 14.1. The maximum Gasteiger partial charge on any atom is -0.0181 e. The lowest BCUT2D eigenvalue weighted by molar-refractivity contribution is 0.896. The first-order valence-electron chi connectivity index (χ1n) is 6.09. The van der Waals surface area contributed by atoms with Crippen LogP contribution in [0.5, 0.6) is 0 Å². The third kappa shape index (κ3) is 1.76. The lowest BCUT2D eigenvalue weighted by Gasteiger charge is -2.12. The number of hydrogen-bond acceptors (Lipinski definition) is 0. The minimum atomic E-state index is 1.19. The average molecular weight is 208 g/mol. The van der Waals surface area contributed by atoms with Gasteiger partial charge in [-0.1, -0.05) is 48.6 Å². The van der Waals surface area contributed by atoms with Crippen LogP contribution in [0.3, 0.4) is 0 Å². The minimum Gasteiger partial charge on any atom is -0.0882 e. The van der Waals surface area contributed by atoms with Crippen molar-refractivity contribution in [3.63, 3.8) is 0 Å². The quantitative estimate of drug-likeness (QED) is 0.567. The number of hydrogen-bond donors (Lipinski definition) is 0. The Balaban J connectivity index is 2.15. The molecule has 3 rings (SSSR count). The summed E-state index contributed by atoms with van der Waals surface area (Å²) < 4.78 is 0. The Morgan fingerprint density at radius 1 is 0.688 bits per heavy atom. The summed E-state index contributed by atoms with van der Waals surface area (Å²) >= 11 is 0. The summed E-state index contributed by atoms with van der Waals surface area (Å²) in [5, 5.41) is 2.76. The van der Waals surface area contributed by atoms with Crippen LogP contribution in [0.4, 0.5) is 0 Å². The van der Waals surface area contributed by atoms with Crippen molar-refractivity contribution < 1.29 is 0 Å². The highest BCUT2D eigenvalue weighted by molar-refractivity contribution is 5.84. The van der Waals surface area contributed by atoms with Crippen molar-refractivity contribution in [3.05, 3.63) is 59.7 Å². The van der Waals surface area contributed by atoms with E-state index in [0.717, 1.165) is 0 Å². The van der Waals surface area contributed by atoms with Crippen LogP contribution in [0.2, 0.25) is 0 Å². The summed E-state index contributed by atoms with van der Waals surface area (Å²) in [6.45, 7) is 0. The highest BCUT2D eigenvalue weighted by Crippen LogP contribution is 2.23. The number of fused-ring (bicyclic) bond motifs is 2. The van der Waals surface area contributed by atoms with E-state index in [1.807, 2.05) is 0 Å². The number of rotatable bonds is 0. The second kappa shape index (κ2) is 4.13. The summed E-state index contributed by atoms with van der Waals surface area (Å²) in [4.78, 5) is 0. The van der Waals surface area contributed by atoms with Gasteiger partial charge in [-0.3, -0.25) is 0 Å². The van der Waals surface area contributed by atoms with Gasteiger partial charge in [0, 0.05) is 0 Å². The molecule has 0 radical (unpaired) electrons. The van der Waals surface area contributed by atoms with E-state index in [-0.39, 0.29) is 0 Å². The summed E-state index contributed by atoms with van der Waals surface area (Å²) in [5.41, 5.74) is 3.09. The van der Waals surface area contributed by atoms with Gasteiger partial charge in [-0.2, -0.15) is 0 Å². The molecule has 0 N–H and O–H groups in total. The van der Waals surface area contributed by atoms with E-state index in [2.05, 4.69) is 48.6 Å². The van der Waals surface area contributed by atoms with Gasteiger partial charge in [0.1, 0.15) is 0 Å². The Kier molecular flexibility index (Phi) is 2.49. The molecule has 16 heavy (non-hydrogen) atoms. The van der Waals surface area contributed by atoms with Crippen molar-refractivity contribution in [1.29, 1.82) is 0 Å². The predicted molar refractivity (Wildman–Crippen MR) is 69.7 cm³/mol. The van der Waals surface area contributed by atoms with Gasteiger partial charge in [-0.05, 0) is 47.6 Å². The van der Waals surface area contributed by atoms with Crippen molar-refractivity contribution in [1.82, 2.24) is 0 Å². The normalized spacial score (nSPS) is 15.5. The van der Waals surface area contributed by atoms with Crippen LogP contribution in [0.25, 0.3) is 10.8 Å². The van der Waals surface area contributed by atoms with Gasteiger partial charge in [-0.25, -0.2) is 0 Å². The molecule has 0 unspecified atom stereocenters. The van der Waals surface area contributed by atoms with Gasteiger partial charge < -0.3 is 0 Å². The fourth-order valence-electron chi connectivity index (χ4n) is 2.51. The van der Waals surface area contributed by atoms with Gasteiger partial charge in [0.25, 0.3) is 0 Å². The van der Waals surface area contributed by atoms with Gasteiger partial charge >= 0.3 is 0 Å². The SMILES string of the molecule is C1=CCCc2cc3ccccc3cc2CC1. The van der Waals surface area contributed by atoms with Crippen LogP contribution in [-0.2, 0) is 12.8 Å². The molecule has 1 aliphatic rings. The number of benzene rings is 2. The molecular formula is C16H16. The first-order chi connectivity index (χ1) is 7.93. The molecule has 0 spiro atoms. The third-order valence-corrected chi connectivity index (χ3v) is 3.40. The van der Waals surface area contributed by atoms with Crippen molar-refractivity contribution in [2.45, 2.75) is 25.7 Å². The van der Waals surface area contributed by atoms with E-state index < -0.39 is 0 Å². The van der Waals surface area contributed by atoms with E-state index in [1.165, 1.54) is 36.5 Å². The monoisotopic (exact) mass is 208 g/mol. The fraction of sp³-hybridized carbons (Fsp3) is 0.250. The molecule has 0 nitrogen and oxygen atoms in total. The first kappa shape index (κ1) is 9.65. The average Bonchev–Trinajstić information content (AvgIpc) is 2.29. The molecule has 0 amide bonds. The van der Waals surface area contributed by atoms with Crippen LogP contribution in [0.15, 0.2) is 48.6 Å². The zero-order valence-electron chi connectivity index (χ0n) is 9.45. The Hall–Kier alpha value is -1.56. The van der Waals surface area contributed by atoms with Crippen LogP contribution < -0.4 is 0 Å². The zero-order chi connectivity index (χ0) is 10.8. The smallest absolute Gasteiger partial charge is 0.0181 e. The zero-order valence-corrected chi connectivity index (χ0v) is 9.45. The maximum atomic E-state index is 2.38. The molecule has 0 saturated carbocycles. The van der Waals surface area contributed by atoms with Gasteiger partial charge in [0.05, 0.1) is 0 Å². The van der Waals surface area contributed by atoms with Crippen LogP contribution >= 0.6 is 0 Å². The fourth-order valence-corrected chi connectivity index (χ4v) is 2.51. The van der Waals surface area contributed by atoms with E-state index in [1.54, 1.807) is 11.1 Å². The van der Waals surface area contributed by atoms with Gasteiger partial charge in [0.15, 0.2) is 0 Å². The van der Waals surface area contributed by atoms with E-state index in [0.29, 0.717) is 0 Å². The predicted octanol–water partition coefficient (Wildman–Crippen LogP) is 4.27. The standard InChI is InChI=1S/C16H16/c1-2-4-8-14-12-16-10-6-5-9-15(16)11-13(14)7-3-1/h1-2,5-6,9-12H,3-4,7-8H2. The molecule has 0 aliphatic heterocycles. The van der Waals surface area contributed by atoms with Gasteiger partial charge in [0.2, 0.25) is 0 Å². The van der Waals surface area contributed by atoms with Crippen molar-refractivity contribution >= 4 is 10.8 Å². The molecular weight excluding hydrogens is 192 g/mol. The molecule has 80 valence electrons. The minimum absolute atomic E-state index is 1.19. The summed E-state index contributed by atoms with van der Waals surface area (Å²) in [6.07, 6.45) is 9.39. The number of allylic oxidation sites excluding steroid dienone is 2. The summed E-state index contributed by atoms with van der Waals surface area (Å²) in [6, 6.07) is 13.4. The largest absolute Gasteiger partial charge is 0.0882 e. The molecule has 0 bridgehead atoms. The second-order valence-corrected chi connectivity index (χ2v) is 4.52. The first-order valence-corrected chi connectivity index (χ1v) is 6.09. The van der Waals surface area contributed by atoms with Crippen LogP contribution in [0, 0.1) is 0 Å². The lowest BCUT2D eigenvalue weighted by Crippen LogP contribution is -1.96. The molecule has 0 fully saturated rings. The molecule has 0 atom stereocenters. The molecule has 2 aromatic rings. The molecule has 0 saturated heterocycles. The van der Waals surface area contributed by atoms with E-state index >= 15 is 0 Å². The Labute approximate surface area is 96.6 Å². The lowest BCUT2D eigenvalue weighted by atomic mass is 9.93. The van der Waals surface area contributed by atoms with Crippen molar-refractivity contribution in [2.75, 3.05) is 0 Å². The Morgan fingerprint density at radius 3 is 1.69 bits per heavy atom. The van der Waals surface area contributed by atoms with Crippen LogP contribution in [0.1, 0.15) is 24.0 Å². The summed E-state index contributed by atoms with van der Waals surface area (Å²) in [5.74, 6) is 0. The van der Waals surface area contributed by atoms with Crippen molar-refractivity contribution in [2.24, 2.45) is 0 Å². The third-order valence-electron chi connectivity index (χ3n) is 3.40. The maximum absolute atomic E-state index is 2.38. The van der Waals surface area contributed by atoms with Crippen LogP contribution in [-0.4, -0.2) is 0 Å². The molecule has 0 heterocycles. The summed E-state index contributed by atoms with van der Waals surface area (Å²) in [7, 11) is 0. The highest BCUT2D eigenvalue weighted by Gasteiger charge is 2.05. The molecule has 2 aromatic carbocycles. The van der Waals surface area contributed by atoms with E-state index in [9.17, 15) is 0 Å². The van der Waals surface area contributed by atoms with Crippen molar-refractivity contribution in [3.8, 4) is 0 Å². The molecule has 1 aliphatic carbocycles. The Morgan fingerprint density at radius 2 is 1.19 bits per heavy atom. The topological polar surface area (TPSA) is 0 Å². The number of aryl methyl sites for hydroxylation is 2.